The molecule has 5 rings (SSSR count). The van der Waals surface area contributed by atoms with Crippen molar-refractivity contribution in [2.75, 3.05) is 38.1 Å². The van der Waals surface area contributed by atoms with Crippen molar-refractivity contribution in [2.24, 2.45) is 0 Å². The van der Waals surface area contributed by atoms with E-state index in [1.165, 1.54) is 0 Å². The number of nitrogens with one attached hydrogen (secondary N) is 2. The number of benzene rings is 2. The summed E-state index contributed by atoms with van der Waals surface area (Å²) in [5.74, 6) is 2.36. The Labute approximate surface area is 219 Å². The molecule has 1 fully saturated rings. The van der Waals surface area contributed by atoms with E-state index >= 15 is 0 Å². The minimum absolute atomic E-state index is 0.241. The number of nitrogens with zero attached hydrogens (tertiary/aromatic N) is 2. The van der Waals surface area contributed by atoms with Crippen LogP contribution in [0, 0.1) is 0 Å². The first-order valence-corrected chi connectivity index (χ1v) is 12.4. The number of anilines is 2. The number of methoxy groups -OCH3 is 2. The fourth-order valence-electron chi connectivity index (χ4n) is 4.24. The SMILES string of the molecule is COc1cc(OC)c(Cl)c(-c2cc3cnc(NC4CCOC4)cc3c(NCc3ccccc3)n2)c1Cl. The van der Waals surface area contributed by atoms with Gasteiger partial charge in [-0.15, -0.1) is 0 Å². The van der Waals surface area contributed by atoms with Crippen molar-refractivity contribution in [3.05, 3.63) is 70.3 Å². The standard InChI is InChI=1S/C27H26Cl2N4O3/c1-34-21-12-22(35-2)26(29)24(25(21)28)20-10-17-14-30-23(32-18-8-9-36-15-18)11-19(17)27(33-20)31-13-16-6-4-3-5-7-16/h3-7,10-12,14,18H,8-9,13,15H2,1-2H3,(H,30,32)(H,31,33). The van der Waals surface area contributed by atoms with E-state index in [1.54, 1.807) is 20.3 Å². The second-order valence-corrected chi connectivity index (χ2v) is 9.23. The predicted molar refractivity (Wildman–Crippen MR) is 145 cm³/mol. The number of rotatable bonds is 8. The molecule has 1 saturated heterocycles. The molecule has 4 aromatic rings. The van der Waals surface area contributed by atoms with Crippen LogP contribution in [0.2, 0.25) is 10.0 Å². The fourth-order valence-corrected chi connectivity index (χ4v) is 4.93. The first-order chi connectivity index (χ1) is 17.6. The number of hydrogen-bond donors (Lipinski definition) is 2. The van der Waals surface area contributed by atoms with E-state index in [0.717, 1.165) is 35.2 Å². The fraction of sp³-hybridized carbons (Fsp3) is 0.259. The first kappa shape index (κ1) is 24.4. The normalized spacial score (nSPS) is 15.2. The highest BCUT2D eigenvalue weighted by atomic mass is 35.5. The maximum Gasteiger partial charge on any atom is 0.141 e. The van der Waals surface area contributed by atoms with Crippen molar-refractivity contribution in [2.45, 2.75) is 19.0 Å². The lowest BCUT2D eigenvalue weighted by atomic mass is 10.1. The molecule has 9 heteroatoms. The summed E-state index contributed by atoms with van der Waals surface area (Å²) >= 11 is 13.4. The van der Waals surface area contributed by atoms with Crippen LogP contribution in [-0.4, -0.2) is 43.4 Å². The molecule has 0 bridgehead atoms. The van der Waals surface area contributed by atoms with Crippen molar-refractivity contribution >= 4 is 45.6 Å². The van der Waals surface area contributed by atoms with Crippen LogP contribution in [0.25, 0.3) is 22.0 Å². The molecule has 0 aliphatic carbocycles. The van der Waals surface area contributed by atoms with Crippen molar-refractivity contribution < 1.29 is 14.2 Å². The number of halogens is 2. The Morgan fingerprint density at radius 3 is 2.44 bits per heavy atom. The Morgan fingerprint density at radius 2 is 1.78 bits per heavy atom. The lowest BCUT2D eigenvalue weighted by Crippen LogP contribution is -2.19. The van der Waals surface area contributed by atoms with Gasteiger partial charge in [0.25, 0.3) is 0 Å². The number of fused-ring (bicyclic) bond motifs is 1. The molecule has 1 atom stereocenters. The Morgan fingerprint density at radius 1 is 1.03 bits per heavy atom. The summed E-state index contributed by atoms with van der Waals surface area (Å²) in [6.45, 7) is 2.02. The smallest absolute Gasteiger partial charge is 0.141 e. The van der Waals surface area contributed by atoms with Gasteiger partial charge in [0.1, 0.15) is 23.1 Å². The summed E-state index contributed by atoms with van der Waals surface area (Å²) < 4.78 is 16.4. The van der Waals surface area contributed by atoms with Gasteiger partial charge in [-0.25, -0.2) is 9.97 Å². The summed E-state index contributed by atoms with van der Waals surface area (Å²) in [6, 6.07) is 16.0. The van der Waals surface area contributed by atoms with E-state index in [2.05, 4.69) is 27.8 Å². The van der Waals surface area contributed by atoms with Gasteiger partial charge in [0.05, 0.1) is 42.6 Å². The molecule has 3 heterocycles. The van der Waals surface area contributed by atoms with Crippen LogP contribution in [0.1, 0.15) is 12.0 Å². The van der Waals surface area contributed by atoms with E-state index < -0.39 is 0 Å². The highest BCUT2D eigenvalue weighted by molar-refractivity contribution is 6.41. The van der Waals surface area contributed by atoms with E-state index in [1.807, 2.05) is 36.5 Å². The molecular weight excluding hydrogens is 499 g/mol. The number of ether oxygens (including phenoxy) is 3. The molecule has 7 nitrogen and oxygen atoms in total. The van der Waals surface area contributed by atoms with Gasteiger partial charge in [0, 0.05) is 41.8 Å². The van der Waals surface area contributed by atoms with Crippen LogP contribution in [0.4, 0.5) is 11.6 Å². The molecule has 2 aromatic heterocycles. The minimum atomic E-state index is 0.241. The van der Waals surface area contributed by atoms with E-state index in [0.29, 0.717) is 51.8 Å². The molecule has 36 heavy (non-hydrogen) atoms. The van der Waals surface area contributed by atoms with E-state index in [-0.39, 0.29) is 6.04 Å². The van der Waals surface area contributed by atoms with Crippen LogP contribution < -0.4 is 20.1 Å². The predicted octanol–water partition coefficient (Wildman–Crippen LogP) is 6.43. The Balaban J connectivity index is 1.62. The van der Waals surface area contributed by atoms with E-state index in [4.69, 9.17) is 42.4 Å². The zero-order valence-corrected chi connectivity index (χ0v) is 21.5. The maximum atomic E-state index is 6.71. The highest BCUT2D eigenvalue weighted by Gasteiger charge is 2.22. The van der Waals surface area contributed by atoms with Gasteiger partial charge < -0.3 is 24.8 Å². The van der Waals surface area contributed by atoms with Gasteiger partial charge >= 0.3 is 0 Å². The van der Waals surface area contributed by atoms with Crippen LogP contribution in [0.5, 0.6) is 11.5 Å². The second-order valence-electron chi connectivity index (χ2n) is 8.47. The lowest BCUT2D eigenvalue weighted by Gasteiger charge is -2.17. The third-order valence-electron chi connectivity index (χ3n) is 6.13. The Hall–Kier alpha value is -3.26. The monoisotopic (exact) mass is 524 g/mol. The second kappa shape index (κ2) is 10.8. The largest absolute Gasteiger partial charge is 0.495 e. The average molecular weight is 525 g/mol. The van der Waals surface area contributed by atoms with Crippen molar-refractivity contribution in [1.29, 1.82) is 0 Å². The highest BCUT2D eigenvalue weighted by Crippen LogP contribution is 2.46. The third kappa shape index (κ3) is 5.00. The quantitative estimate of drug-likeness (QED) is 0.274. The van der Waals surface area contributed by atoms with Gasteiger partial charge in [-0.05, 0) is 24.1 Å². The topological polar surface area (TPSA) is 77.5 Å². The van der Waals surface area contributed by atoms with Gasteiger partial charge in [-0.2, -0.15) is 0 Å². The van der Waals surface area contributed by atoms with Gasteiger partial charge in [-0.1, -0.05) is 53.5 Å². The van der Waals surface area contributed by atoms with Crippen molar-refractivity contribution in [3.8, 4) is 22.8 Å². The molecule has 186 valence electrons. The molecule has 2 aromatic carbocycles. The molecule has 1 unspecified atom stereocenters. The van der Waals surface area contributed by atoms with Crippen LogP contribution in [0.3, 0.4) is 0 Å². The molecule has 1 aliphatic rings. The summed E-state index contributed by atoms with van der Waals surface area (Å²) in [7, 11) is 3.10. The van der Waals surface area contributed by atoms with Gasteiger partial charge in [-0.3, -0.25) is 0 Å². The van der Waals surface area contributed by atoms with Crippen LogP contribution >= 0.6 is 23.2 Å². The molecule has 0 saturated carbocycles. The van der Waals surface area contributed by atoms with Gasteiger partial charge in [0.15, 0.2) is 0 Å². The maximum absolute atomic E-state index is 6.71. The third-order valence-corrected chi connectivity index (χ3v) is 6.88. The number of hydrogen-bond acceptors (Lipinski definition) is 7. The minimum Gasteiger partial charge on any atom is -0.495 e. The summed E-state index contributed by atoms with van der Waals surface area (Å²) in [5.41, 5.74) is 2.24. The van der Waals surface area contributed by atoms with Crippen molar-refractivity contribution in [1.82, 2.24) is 9.97 Å². The Bertz CT molecular complexity index is 1350. The van der Waals surface area contributed by atoms with Crippen molar-refractivity contribution in [3.63, 3.8) is 0 Å². The summed E-state index contributed by atoms with van der Waals surface area (Å²) in [6.07, 6.45) is 2.77. The molecule has 0 radical (unpaired) electrons. The van der Waals surface area contributed by atoms with Gasteiger partial charge in [0.2, 0.25) is 0 Å². The molecular formula is C27H26Cl2N4O3. The van der Waals surface area contributed by atoms with Crippen LogP contribution in [0.15, 0.2) is 54.7 Å². The number of aromatic nitrogens is 2. The van der Waals surface area contributed by atoms with E-state index in [9.17, 15) is 0 Å². The molecule has 0 spiro atoms. The lowest BCUT2D eigenvalue weighted by molar-refractivity contribution is 0.195. The summed E-state index contributed by atoms with van der Waals surface area (Å²) in [5, 5.41) is 9.48. The Kier molecular flexibility index (Phi) is 7.32. The van der Waals surface area contributed by atoms with Crippen LogP contribution in [-0.2, 0) is 11.3 Å². The first-order valence-electron chi connectivity index (χ1n) is 11.6. The summed E-state index contributed by atoms with van der Waals surface area (Å²) in [4.78, 5) is 9.60. The molecule has 0 amide bonds. The number of pyridine rings is 2. The zero-order chi connectivity index (χ0) is 25.1. The zero-order valence-electron chi connectivity index (χ0n) is 20.0. The average Bonchev–Trinajstić information content (AvgIpc) is 3.41. The molecule has 1 aliphatic heterocycles. The molecule has 2 N–H and O–H groups in total.